The zero-order valence-corrected chi connectivity index (χ0v) is 23.2. The van der Waals surface area contributed by atoms with Crippen LogP contribution >= 0.6 is 11.6 Å². The quantitative estimate of drug-likeness (QED) is 0.340. The predicted molar refractivity (Wildman–Crippen MR) is 154 cm³/mol. The van der Waals surface area contributed by atoms with Crippen molar-refractivity contribution < 1.29 is 0 Å². The maximum atomic E-state index is 13.6. The van der Waals surface area contributed by atoms with Crippen molar-refractivity contribution in [2.24, 2.45) is 5.92 Å². The summed E-state index contributed by atoms with van der Waals surface area (Å²) in [7, 11) is 4.27. The average Bonchev–Trinajstić information content (AvgIpc) is 2.89. The summed E-state index contributed by atoms with van der Waals surface area (Å²) in [5.41, 5.74) is 4.11. The lowest BCUT2D eigenvalue weighted by molar-refractivity contribution is 0.255. The SMILES string of the molecule is CCn1c(=O)c(-c2ccc(-c3cncc(C)n3)cc2Cl)cc2cnc(NC3CCC(CN(C)C)CC3)nc21. The van der Waals surface area contributed by atoms with Gasteiger partial charge in [0, 0.05) is 58.6 Å². The maximum Gasteiger partial charge on any atom is 0.260 e. The van der Waals surface area contributed by atoms with Gasteiger partial charge in [-0.2, -0.15) is 4.98 Å². The predicted octanol–water partition coefficient (Wildman–Crippen LogP) is 5.43. The van der Waals surface area contributed by atoms with Crippen LogP contribution < -0.4 is 10.9 Å². The van der Waals surface area contributed by atoms with Gasteiger partial charge in [0.15, 0.2) is 0 Å². The molecule has 8 nitrogen and oxygen atoms in total. The summed E-state index contributed by atoms with van der Waals surface area (Å²) in [6, 6.07) is 7.81. The Kier molecular flexibility index (Phi) is 7.72. The van der Waals surface area contributed by atoms with E-state index in [-0.39, 0.29) is 5.56 Å². The van der Waals surface area contributed by atoms with Crippen molar-refractivity contribution in [1.29, 1.82) is 0 Å². The summed E-state index contributed by atoms with van der Waals surface area (Å²) in [6.07, 6.45) is 9.80. The summed E-state index contributed by atoms with van der Waals surface area (Å²) in [5.74, 6) is 1.32. The third-order valence-electron chi connectivity index (χ3n) is 7.26. The number of benzene rings is 1. The molecule has 0 unspecified atom stereocenters. The topological polar surface area (TPSA) is 88.8 Å². The van der Waals surface area contributed by atoms with Crippen molar-refractivity contribution in [2.45, 2.75) is 52.1 Å². The van der Waals surface area contributed by atoms with E-state index in [1.807, 2.05) is 38.1 Å². The summed E-state index contributed by atoms with van der Waals surface area (Å²) >= 11 is 6.70. The Morgan fingerprint density at radius 3 is 2.53 bits per heavy atom. The summed E-state index contributed by atoms with van der Waals surface area (Å²) < 4.78 is 1.70. The van der Waals surface area contributed by atoms with Crippen LogP contribution in [0.3, 0.4) is 0 Å². The Morgan fingerprint density at radius 1 is 1.05 bits per heavy atom. The average molecular weight is 532 g/mol. The molecule has 198 valence electrons. The molecule has 38 heavy (non-hydrogen) atoms. The minimum Gasteiger partial charge on any atom is -0.351 e. The molecule has 1 aliphatic rings. The fraction of sp³-hybridized carbons (Fsp3) is 0.414. The number of nitrogens with one attached hydrogen (secondary N) is 1. The van der Waals surface area contributed by atoms with Crippen molar-refractivity contribution in [3.8, 4) is 22.4 Å². The zero-order valence-electron chi connectivity index (χ0n) is 22.4. The monoisotopic (exact) mass is 531 g/mol. The number of fused-ring (bicyclic) bond motifs is 1. The molecular weight excluding hydrogens is 498 g/mol. The van der Waals surface area contributed by atoms with Crippen LogP contribution in [0.1, 0.15) is 38.3 Å². The minimum atomic E-state index is -0.126. The molecule has 9 heteroatoms. The highest BCUT2D eigenvalue weighted by Crippen LogP contribution is 2.32. The molecule has 5 rings (SSSR count). The van der Waals surface area contributed by atoms with Gasteiger partial charge in [-0.25, -0.2) is 9.97 Å². The van der Waals surface area contributed by atoms with Crippen molar-refractivity contribution in [2.75, 3.05) is 26.0 Å². The number of halogens is 1. The number of hydrogen-bond acceptors (Lipinski definition) is 7. The van der Waals surface area contributed by atoms with E-state index in [4.69, 9.17) is 16.6 Å². The van der Waals surface area contributed by atoms with Gasteiger partial charge < -0.3 is 10.2 Å². The Balaban J connectivity index is 1.42. The van der Waals surface area contributed by atoms with Gasteiger partial charge in [0.05, 0.1) is 17.6 Å². The third-order valence-corrected chi connectivity index (χ3v) is 7.57. The molecule has 0 radical (unpaired) electrons. The van der Waals surface area contributed by atoms with Crippen LogP contribution in [0, 0.1) is 12.8 Å². The fourth-order valence-corrected chi connectivity index (χ4v) is 5.68. The van der Waals surface area contributed by atoms with Crippen LogP contribution in [0.2, 0.25) is 5.02 Å². The van der Waals surface area contributed by atoms with Gasteiger partial charge in [-0.05, 0) is 71.7 Å². The molecule has 1 N–H and O–H groups in total. The summed E-state index contributed by atoms with van der Waals surface area (Å²) in [6.45, 7) is 5.47. The lowest BCUT2D eigenvalue weighted by Gasteiger charge is -2.30. The number of pyridine rings is 1. The number of rotatable bonds is 7. The smallest absolute Gasteiger partial charge is 0.260 e. The number of anilines is 1. The van der Waals surface area contributed by atoms with E-state index in [1.165, 1.54) is 12.8 Å². The van der Waals surface area contributed by atoms with Crippen molar-refractivity contribution in [3.63, 3.8) is 0 Å². The molecule has 4 aromatic rings. The molecule has 0 bridgehead atoms. The lowest BCUT2D eigenvalue weighted by atomic mass is 9.86. The Hall–Kier alpha value is -3.36. The minimum absolute atomic E-state index is 0.126. The molecule has 0 atom stereocenters. The second kappa shape index (κ2) is 11.2. The van der Waals surface area contributed by atoms with Gasteiger partial charge in [-0.3, -0.25) is 14.3 Å². The van der Waals surface area contributed by atoms with Gasteiger partial charge >= 0.3 is 0 Å². The molecule has 1 aliphatic carbocycles. The lowest BCUT2D eigenvalue weighted by Crippen LogP contribution is -2.31. The Labute approximate surface area is 228 Å². The first-order valence-corrected chi connectivity index (χ1v) is 13.6. The Morgan fingerprint density at radius 2 is 1.84 bits per heavy atom. The molecule has 1 fully saturated rings. The van der Waals surface area contributed by atoms with E-state index < -0.39 is 0 Å². The second-order valence-corrected chi connectivity index (χ2v) is 10.9. The first-order chi connectivity index (χ1) is 18.3. The summed E-state index contributed by atoms with van der Waals surface area (Å²) in [4.78, 5) is 34.0. The van der Waals surface area contributed by atoms with Crippen LogP contribution in [0.5, 0.6) is 0 Å². The van der Waals surface area contributed by atoms with E-state index in [1.54, 1.807) is 23.2 Å². The standard InChI is InChI=1S/C29H34ClN7O/c1-5-37-27-21(15-32-29(35-27)34-22-9-6-19(7-10-22)17-36(3)4)12-24(28(37)38)23-11-8-20(13-25(23)30)26-16-31-14-18(2)33-26/h8,11-16,19,22H,5-7,9-10,17H2,1-4H3,(H,32,34,35). The van der Waals surface area contributed by atoms with E-state index >= 15 is 0 Å². The maximum absolute atomic E-state index is 13.6. The first-order valence-electron chi connectivity index (χ1n) is 13.2. The molecule has 0 aliphatic heterocycles. The van der Waals surface area contributed by atoms with E-state index in [2.05, 4.69) is 39.3 Å². The molecule has 3 aromatic heterocycles. The van der Waals surface area contributed by atoms with Crippen molar-refractivity contribution in [1.82, 2.24) is 29.4 Å². The second-order valence-electron chi connectivity index (χ2n) is 10.4. The van der Waals surface area contributed by atoms with Crippen molar-refractivity contribution in [3.05, 3.63) is 63.9 Å². The number of nitrogens with zero attached hydrogens (tertiary/aromatic N) is 6. The molecule has 1 saturated carbocycles. The third kappa shape index (κ3) is 5.56. The number of aryl methyl sites for hydroxylation is 2. The van der Waals surface area contributed by atoms with Gasteiger partial charge in [0.1, 0.15) is 5.65 Å². The highest BCUT2D eigenvalue weighted by Gasteiger charge is 2.22. The van der Waals surface area contributed by atoms with Crippen LogP contribution in [0.25, 0.3) is 33.4 Å². The van der Waals surface area contributed by atoms with Gasteiger partial charge in [-0.1, -0.05) is 23.7 Å². The van der Waals surface area contributed by atoms with Gasteiger partial charge in [0.25, 0.3) is 5.56 Å². The van der Waals surface area contributed by atoms with Crippen LogP contribution in [-0.4, -0.2) is 56.1 Å². The molecular formula is C29H34ClN7O. The van der Waals surface area contributed by atoms with E-state index in [9.17, 15) is 4.79 Å². The first kappa shape index (κ1) is 26.3. The number of hydrogen-bond donors (Lipinski definition) is 1. The molecule has 0 amide bonds. The molecule has 0 saturated heterocycles. The van der Waals surface area contributed by atoms with E-state index in [0.29, 0.717) is 40.3 Å². The van der Waals surface area contributed by atoms with Gasteiger partial charge in [-0.15, -0.1) is 0 Å². The Bertz CT molecular complexity index is 1510. The molecule has 0 spiro atoms. The van der Waals surface area contributed by atoms with E-state index in [0.717, 1.165) is 47.6 Å². The normalized spacial score (nSPS) is 17.7. The highest BCUT2D eigenvalue weighted by atomic mass is 35.5. The van der Waals surface area contributed by atoms with Crippen LogP contribution in [0.4, 0.5) is 5.95 Å². The van der Waals surface area contributed by atoms with Crippen molar-refractivity contribution >= 4 is 28.6 Å². The zero-order chi connectivity index (χ0) is 26.8. The van der Waals surface area contributed by atoms with Crippen LogP contribution in [0.15, 0.2) is 47.7 Å². The summed E-state index contributed by atoms with van der Waals surface area (Å²) in [5, 5.41) is 4.79. The van der Waals surface area contributed by atoms with Crippen LogP contribution in [-0.2, 0) is 6.54 Å². The number of aromatic nitrogens is 5. The molecule has 3 heterocycles. The fourth-order valence-electron chi connectivity index (χ4n) is 5.40. The highest BCUT2D eigenvalue weighted by molar-refractivity contribution is 6.33. The van der Waals surface area contributed by atoms with Gasteiger partial charge in [0.2, 0.25) is 5.95 Å². The largest absolute Gasteiger partial charge is 0.351 e. The molecule has 1 aromatic carbocycles.